The number of rotatable bonds is 5. The second-order valence-electron chi connectivity index (χ2n) is 6.03. The summed E-state index contributed by atoms with van der Waals surface area (Å²) in [7, 11) is 0. The summed E-state index contributed by atoms with van der Waals surface area (Å²) in [6.07, 6.45) is 5.45. The third-order valence-electron chi connectivity index (χ3n) is 4.10. The summed E-state index contributed by atoms with van der Waals surface area (Å²) in [6.45, 7) is 3.70. The average molecular weight is 377 g/mol. The molecule has 3 N–H and O–H groups in total. The van der Waals surface area contributed by atoms with Crippen molar-refractivity contribution in [2.75, 3.05) is 5.32 Å². The van der Waals surface area contributed by atoms with Crippen LogP contribution in [0.1, 0.15) is 46.3 Å². The molecule has 132 valence electrons. The molecule has 0 bridgehead atoms. The second kappa shape index (κ2) is 7.53. The predicted octanol–water partition coefficient (Wildman–Crippen LogP) is 2.94. The fourth-order valence-electron chi connectivity index (χ4n) is 2.86. The third kappa shape index (κ3) is 4.01. The van der Waals surface area contributed by atoms with E-state index in [1.54, 1.807) is 0 Å². The van der Waals surface area contributed by atoms with Crippen molar-refractivity contribution in [2.45, 2.75) is 49.8 Å². The molecular formula is C17H20N4O2S2. The largest absolute Gasteiger partial charge is 0.365 e. The van der Waals surface area contributed by atoms with Gasteiger partial charge in [-0.05, 0) is 51.2 Å². The maximum Gasteiger partial charge on any atom is 0.251 e. The Morgan fingerprint density at radius 3 is 2.80 bits per heavy atom. The Morgan fingerprint density at radius 2 is 2.08 bits per heavy atom. The molecular weight excluding hydrogens is 356 g/mol. The Morgan fingerprint density at radius 1 is 1.32 bits per heavy atom. The highest BCUT2D eigenvalue weighted by Gasteiger charge is 2.26. The van der Waals surface area contributed by atoms with Gasteiger partial charge in [0, 0.05) is 10.6 Å². The Hall–Kier alpha value is -1.93. The zero-order valence-corrected chi connectivity index (χ0v) is 15.8. The van der Waals surface area contributed by atoms with Gasteiger partial charge in [0.05, 0.1) is 10.8 Å². The second-order valence-corrected chi connectivity index (χ2v) is 8.49. The zero-order chi connectivity index (χ0) is 18.0. The fourth-order valence-corrected chi connectivity index (χ4v) is 5.03. The Bertz CT molecular complexity index is 819. The first kappa shape index (κ1) is 17.9. The molecule has 2 amide bonds. The molecule has 2 aromatic heterocycles. The lowest BCUT2D eigenvalue weighted by atomic mass is 9.95. The number of amides is 2. The zero-order valence-electron chi connectivity index (χ0n) is 14.2. The van der Waals surface area contributed by atoms with E-state index in [1.165, 1.54) is 34.3 Å². The van der Waals surface area contributed by atoms with Crippen LogP contribution in [0.15, 0.2) is 17.4 Å². The highest BCUT2D eigenvalue weighted by atomic mass is 32.2. The number of carbonyl (C=O) groups excluding carboxylic acids is 2. The monoisotopic (exact) mass is 376 g/mol. The molecule has 0 fully saturated rings. The Labute approximate surface area is 154 Å². The van der Waals surface area contributed by atoms with E-state index >= 15 is 0 Å². The molecule has 1 aliphatic rings. The summed E-state index contributed by atoms with van der Waals surface area (Å²) in [5.74, 6) is -0.635. The van der Waals surface area contributed by atoms with E-state index in [2.05, 4.69) is 15.3 Å². The molecule has 0 saturated heterocycles. The van der Waals surface area contributed by atoms with Crippen molar-refractivity contribution in [2.24, 2.45) is 5.73 Å². The molecule has 1 aliphatic carbocycles. The van der Waals surface area contributed by atoms with E-state index in [0.717, 1.165) is 42.0 Å². The summed E-state index contributed by atoms with van der Waals surface area (Å²) in [4.78, 5) is 33.8. The summed E-state index contributed by atoms with van der Waals surface area (Å²) in [5.41, 5.74) is 7.93. The number of hydrogen-bond acceptors (Lipinski definition) is 6. The first-order valence-electron chi connectivity index (χ1n) is 8.16. The van der Waals surface area contributed by atoms with Gasteiger partial charge in [0.1, 0.15) is 16.4 Å². The number of thiophene rings is 1. The SMILES string of the molecule is Cc1cc(S[C@@H](C)C(=O)Nc2sc3c(c2C(N)=O)CCCC3)ncn1. The van der Waals surface area contributed by atoms with Crippen LogP contribution < -0.4 is 11.1 Å². The summed E-state index contributed by atoms with van der Waals surface area (Å²) in [5, 5.41) is 3.87. The van der Waals surface area contributed by atoms with Gasteiger partial charge >= 0.3 is 0 Å². The first-order valence-corrected chi connectivity index (χ1v) is 9.86. The minimum absolute atomic E-state index is 0.164. The predicted molar refractivity (Wildman–Crippen MR) is 100 cm³/mol. The van der Waals surface area contributed by atoms with Gasteiger partial charge < -0.3 is 11.1 Å². The van der Waals surface area contributed by atoms with Crippen LogP contribution in [0.5, 0.6) is 0 Å². The number of nitrogens with two attached hydrogens (primary N) is 1. The van der Waals surface area contributed by atoms with Gasteiger partial charge in [-0.25, -0.2) is 9.97 Å². The normalized spacial score (nSPS) is 14.6. The smallest absolute Gasteiger partial charge is 0.251 e. The maximum atomic E-state index is 12.6. The molecule has 1 atom stereocenters. The lowest BCUT2D eigenvalue weighted by Crippen LogP contribution is -2.24. The van der Waals surface area contributed by atoms with Crippen LogP contribution in [-0.4, -0.2) is 27.0 Å². The van der Waals surface area contributed by atoms with E-state index < -0.39 is 5.91 Å². The van der Waals surface area contributed by atoms with Crippen LogP contribution in [-0.2, 0) is 17.6 Å². The minimum Gasteiger partial charge on any atom is -0.365 e. The van der Waals surface area contributed by atoms with Crippen molar-refractivity contribution in [1.29, 1.82) is 0 Å². The molecule has 0 aromatic carbocycles. The third-order valence-corrected chi connectivity index (χ3v) is 6.34. The van der Waals surface area contributed by atoms with E-state index in [4.69, 9.17) is 5.73 Å². The van der Waals surface area contributed by atoms with Gasteiger partial charge in [-0.3, -0.25) is 9.59 Å². The number of carbonyl (C=O) groups is 2. The van der Waals surface area contributed by atoms with Gasteiger partial charge in [-0.1, -0.05) is 11.8 Å². The summed E-state index contributed by atoms with van der Waals surface area (Å²) >= 11 is 2.84. The molecule has 0 unspecified atom stereocenters. The number of aromatic nitrogens is 2. The summed E-state index contributed by atoms with van der Waals surface area (Å²) < 4.78 is 0. The highest BCUT2D eigenvalue weighted by molar-refractivity contribution is 8.00. The topological polar surface area (TPSA) is 98.0 Å². The van der Waals surface area contributed by atoms with Crippen LogP contribution in [0.2, 0.25) is 0 Å². The van der Waals surface area contributed by atoms with E-state index in [-0.39, 0.29) is 11.2 Å². The molecule has 0 saturated carbocycles. The lowest BCUT2D eigenvalue weighted by Gasteiger charge is -2.12. The van der Waals surface area contributed by atoms with Crippen molar-refractivity contribution >= 4 is 39.9 Å². The van der Waals surface area contributed by atoms with Gasteiger partial charge in [0.2, 0.25) is 5.91 Å². The molecule has 2 aromatic rings. The van der Waals surface area contributed by atoms with E-state index in [1.807, 2.05) is 19.9 Å². The van der Waals surface area contributed by atoms with Crippen molar-refractivity contribution in [3.63, 3.8) is 0 Å². The van der Waals surface area contributed by atoms with Crippen molar-refractivity contribution in [3.05, 3.63) is 34.1 Å². The number of thioether (sulfide) groups is 1. The fraction of sp³-hybridized carbons (Fsp3) is 0.412. The van der Waals surface area contributed by atoms with E-state index in [0.29, 0.717) is 10.6 Å². The minimum atomic E-state index is -0.471. The number of hydrogen-bond donors (Lipinski definition) is 2. The van der Waals surface area contributed by atoms with Crippen molar-refractivity contribution < 1.29 is 9.59 Å². The molecule has 0 aliphatic heterocycles. The number of fused-ring (bicyclic) bond motifs is 1. The van der Waals surface area contributed by atoms with Crippen LogP contribution in [0.4, 0.5) is 5.00 Å². The van der Waals surface area contributed by atoms with Gasteiger partial charge in [-0.2, -0.15) is 0 Å². The molecule has 25 heavy (non-hydrogen) atoms. The number of anilines is 1. The maximum absolute atomic E-state index is 12.6. The number of aryl methyl sites for hydroxylation is 2. The number of nitrogens with zero attached hydrogens (tertiary/aromatic N) is 2. The summed E-state index contributed by atoms with van der Waals surface area (Å²) in [6, 6.07) is 1.84. The Balaban J connectivity index is 1.76. The molecule has 8 heteroatoms. The van der Waals surface area contributed by atoms with Gasteiger partial charge in [-0.15, -0.1) is 11.3 Å². The molecule has 3 rings (SSSR count). The van der Waals surface area contributed by atoms with Crippen LogP contribution >= 0.6 is 23.1 Å². The quantitative estimate of drug-likeness (QED) is 0.617. The molecule has 2 heterocycles. The van der Waals surface area contributed by atoms with Crippen LogP contribution in [0.25, 0.3) is 0 Å². The van der Waals surface area contributed by atoms with E-state index in [9.17, 15) is 9.59 Å². The molecule has 0 spiro atoms. The molecule has 6 nitrogen and oxygen atoms in total. The number of primary amides is 1. The average Bonchev–Trinajstić information content (AvgIpc) is 2.92. The standard InChI is InChI=1S/C17H20N4O2S2/c1-9-7-13(20-8-19-9)24-10(2)16(23)21-17-14(15(18)22)11-5-3-4-6-12(11)25-17/h7-8,10H,3-6H2,1-2H3,(H2,18,22)(H,21,23)/t10-/m0/s1. The van der Waals surface area contributed by atoms with Crippen LogP contribution in [0.3, 0.4) is 0 Å². The van der Waals surface area contributed by atoms with Gasteiger partial charge in [0.25, 0.3) is 5.91 Å². The molecule has 0 radical (unpaired) electrons. The Kier molecular flexibility index (Phi) is 5.39. The number of nitrogens with one attached hydrogen (secondary N) is 1. The van der Waals surface area contributed by atoms with Crippen molar-refractivity contribution in [1.82, 2.24) is 9.97 Å². The highest BCUT2D eigenvalue weighted by Crippen LogP contribution is 2.38. The lowest BCUT2D eigenvalue weighted by molar-refractivity contribution is -0.115. The first-order chi connectivity index (χ1) is 12.0. The van der Waals surface area contributed by atoms with Crippen molar-refractivity contribution in [3.8, 4) is 0 Å². The van der Waals surface area contributed by atoms with Gasteiger partial charge in [0.15, 0.2) is 0 Å². The van der Waals surface area contributed by atoms with Crippen LogP contribution in [0, 0.1) is 6.92 Å².